The van der Waals surface area contributed by atoms with E-state index in [1.165, 1.54) is 24.1 Å². The summed E-state index contributed by atoms with van der Waals surface area (Å²) in [6.07, 6.45) is 0. The second-order valence-electron chi connectivity index (χ2n) is 10.3. The number of aryl methyl sites for hydroxylation is 2. The Kier molecular flexibility index (Phi) is 10.3. The van der Waals surface area contributed by atoms with Crippen molar-refractivity contribution in [2.45, 2.75) is 52.1 Å². The Labute approximate surface area is 238 Å². The lowest BCUT2D eigenvalue weighted by Crippen LogP contribution is -2.51. The van der Waals surface area contributed by atoms with Crippen LogP contribution in [0.4, 0.5) is 5.69 Å². The van der Waals surface area contributed by atoms with Crippen molar-refractivity contribution in [1.82, 2.24) is 10.2 Å². The molecule has 214 valence electrons. The number of carbonyl (C=O) groups is 2. The summed E-state index contributed by atoms with van der Waals surface area (Å²) in [5.74, 6) is -0.277. The molecule has 0 bridgehead atoms. The van der Waals surface area contributed by atoms with Crippen molar-refractivity contribution in [2.75, 3.05) is 24.5 Å². The summed E-state index contributed by atoms with van der Waals surface area (Å²) < 4.78 is 34.5. The van der Waals surface area contributed by atoms with Crippen molar-refractivity contribution in [3.8, 4) is 5.75 Å². The van der Waals surface area contributed by atoms with E-state index >= 15 is 0 Å². The van der Waals surface area contributed by atoms with E-state index in [1.807, 2.05) is 58.0 Å². The fourth-order valence-corrected chi connectivity index (χ4v) is 5.71. The van der Waals surface area contributed by atoms with Crippen molar-refractivity contribution in [3.05, 3.63) is 89.5 Å². The van der Waals surface area contributed by atoms with Gasteiger partial charge in [0, 0.05) is 13.1 Å². The lowest BCUT2D eigenvalue weighted by atomic mass is 10.1. The third kappa shape index (κ3) is 7.63. The lowest BCUT2D eigenvalue weighted by Gasteiger charge is -2.32. The first kappa shape index (κ1) is 30.7. The predicted octanol–water partition coefficient (Wildman–Crippen LogP) is 4.70. The van der Waals surface area contributed by atoms with Crippen LogP contribution in [0.1, 0.15) is 37.5 Å². The lowest BCUT2D eigenvalue weighted by molar-refractivity contribution is -0.139. The zero-order valence-corrected chi connectivity index (χ0v) is 24.9. The quantitative estimate of drug-likeness (QED) is 0.344. The molecular formula is C31H39N3O5S. The average molecular weight is 566 g/mol. The van der Waals surface area contributed by atoms with Crippen LogP contribution in [0.3, 0.4) is 0 Å². The summed E-state index contributed by atoms with van der Waals surface area (Å²) in [5, 5.41) is 2.90. The monoisotopic (exact) mass is 565 g/mol. The summed E-state index contributed by atoms with van der Waals surface area (Å²) in [6.45, 7) is 9.50. The van der Waals surface area contributed by atoms with Crippen LogP contribution in [-0.2, 0) is 26.2 Å². The molecular weight excluding hydrogens is 526 g/mol. The van der Waals surface area contributed by atoms with Gasteiger partial charge in [0.1, 0.15) is 18.3 Å². The zero-order valence-electron chi connectivity index (χ0n) is 24.0. The van der Waals surface area contributed by atoms with E-state index in [-0.39, 0.29) is 29.0 Å². The van der Waals surface area contributed by atoms with Crippen LogP contribution < -0.4 is 14.4 Å². The fraction of sp³-hybridized carbons (Fsp3) is 0.355. The number of rotatable bonds is 12. The Hall–Kier alpha value is -3.85. The maximum atomic E-state index is 14.1. The summed E-state index contributed by atoms with van der Waals surface area (Å²) >= 11 is 0. The number of nitrogens with one attached hydrogen (secondary N) is 1. The molecule has 0 spiro atoms. The Morgan fingerprint density at radius 2 is 1.57 bits per heavy atom. The molecule has 0 aliphatic heterocycles. The first-order valence-corrected chi connectivity index (χ1v) is 14.7. The Morgan fingerprint density at radius 3 is 2.20 bits per heavy atom. The van der Waals surface area contributed by atoms with Gasteiger partial charge in [0.05, 0.1) is 17.7 Å². The number of hydrogen-bond acceptors (Lipinski definition) is 5. The van der Waals surface area contributed by atoms with Gasteiger partial charge in [0.15, 0.2) is 0 Å². The second-order valence-corrected chi connectivity index (χ2v) is 12.2. The third-order valence-corrected chi connectivity index (χ3v) is 8.27. The molecule has 0 radical (unpaired) electrons. The van der Waals surface area contributed by atoms with E-state index in [1.54, 1.807) is 37.3 Å². The van der Waals surface area contributed by atoms with Gasteiger partial charge in [-0.05, 0) is 62.1 Å². The minimum atomic E-state index is -4.17. The Morgan fingerprint density at radius 1 is 0.900 bits per heavy atom. The number of hydrogen-bond donors (Lipinski definition) is 1. The molecule has 0 aliphatic carbocycles. The van der Waals surface area contributed by atoms with Crippen LogP contribution >= 0.6 is 0 Å². The van der Waals surface area contributed by atoms with Crippen LogP contribution in [-0.4, -0.2) is 51.4 Å². The number of anilines is 1. The van der Waals surface area contributed by atoms with Crippen LogP contribution in [0.2, 0.25) is 0 Å². The number of ether oxygens (including phenoxy) is 1. The maximum Gasteiger partial charge on any atom is 0.264 e. The van der Waals surface area contributed by atoms with Gasteiger partial charge in [0.25, 0.3) is 10.0 Å². The number of carbonyl (C=O) groups excluding carboxylic acids is 2. The number of benzene rings is 3. The maximum absolute atomic E-state index is 14.1. The van der Waals surface area contributed by atoms with E-state index < -0.39 is 28.5 Å². The molecule has 3 aromatic carbocycles. The zero-order chi connectivity index (χ0) is 29.4. The molecule has 9 heteroatoms. The van der Waals surface area contributed by atoms with E-state index in [4.69, 9.17) is 4.74 Å². The van der Waals surface area contributed by atoms with Crippen molar-refractivity contribution in [3.63, 3.8) is 0 Å². The Bertz CT molecular complexity index is 1420. The molecule has 1 N–H and O–H groups in total. The van der Waals surface area contributed by atoms with Crippen LogP contribution in [0.5, 0.6) is 5.75 Å². The molecule has 0 saturated carbocycles. The molecule has 0 unspecified atom stereocenters. The van der Waals surface area contributed by atoms with E-state index in [0.717, 1.165) is 21.0 Å². The van der Waals surface area contributed by atoms with E-state index in [9.17, 15) is 18.0 Å². The van der Waals surface area contributed by atoms with Crippen molar-refractivity contribution < 1.29 is 22.7 Å². The van der Waals surface area contributed by atoms with Gasteiger partial charge in [-0.25, -0.2) is 8.42 Å². The number of sulfonamides is 1. The molecule has 1 atom stereocenters. The first-order chi connectivity index (χ1) is 18.9. The summed E-state index contributed by atoms with van der Waals surface area (Å²) in [7, 11) is -2.72. The van der Waals surface area contributed by atoms with Crippen LogP contribution in [0, 0.1) is 19.8 Å². The highest BCUT2D eigenvalue weighted by atomic mass is 32.2. The topological polar surface area (TPSA) is 96.0 Å². The van der Waals surface area contributed by atoms with Gasteiger partial charge in [-0.3, -0.25) is 13.9 Å². The number of methoxy groups -OCH3 is 1. The molecule has 8 nitrogen and oxygen atoms in total. The first-order valence-electron chi connectivity index (χ1n) is 13.3. The highest BCUT2D eigenvalue weighted by Crippen LogP contribution is 2.33. The summed E-state index contributed by atoms with van der Waals surface area (Å²) in [6, 6.07) is 20.0. The number of amides is 2. The van der Waals surface area contributed by atoms with Gasteiger partial charge in [0.2, 0.25) is 11.8 Å². The summed E-state index contributed by atoms with van der Waals surface area (Å²) in [5.41, 5.74) is 2.89. The van der Waals surface area contributed by atoms with Gasteiger partial charge < -0.3 is 15.0 Å². The average Bonchev–Trinajstić information content (AvgIpc) is 2.93. The van der Waals surface area contributed by atoms with Crippen molar-refractivity contribution >= 4 is 27.5 Å². The third-order valence-electron chi connectivity index (χ3n) is 6.50. The molecule has 40 heavy (non-hydrogen) atoms. The molecule has 2 amide bonds. The smallest absolute Gasteiger partial charge is 0.264 e. The van der Waals surface area contributed by atoms with Gasteiger partial charge in [-0.2, -0.15) is 0 Å². The molecule has 3 aromatic rings. The molecule has 3 rings (SSSR count). The van der Waals surface area contributed by atoms with Crippen LogP contribution in [0.15, 0.2) is 77.7 Å². The SMILES string of the molecule is COc1ccc(C)cc1N(CC(=O)N(Cc1cccc(C)c1)[C@@H](C)C(=O)NCC(C)C)S(=O)(=O)c1ccccc1. The van der Waals surface area contributed by atoms with Gasteiger partial charge in [-0.1, -0.05) is 67.9 Å². The minimum Gasteiger partial charge on any atom is -0.495 e. The van der Waals surface area contributed by atoms with Gasteiger partial charge in [-0.15, -0.1) is 0 Å². The molecule has 0 fully saturated rings. The predicted molar refractivity (Wildman–Crippen MR) is 158 cm³/mol. The standard InChI is InChI=1S/C31H39N3O5S/c1-22(2)19-32-31(36)25(5)33(20-26-12-10-11-23(3)17-26)30(35)21-34(28-18-24(4)15-16-29(28)39-6)40(37,38)27-13-8-7-9-14-27/h7-18,22,25H,19-21H2,1-6H3,(H,32,36)/t25-/m0/s1. The van der Waals surface area contributed by atoms with Gasteiger partial charge >= 0.3 is 0 Å². The number of nitrogens with zero attached hydrogens (tertiary/aromatic N) is 2. The highest BCUT2D eigenvalue weighted by molar-refractivity contribution is 7.92. The Balaban J connectivity index is 2.07. The summed E-state index contributed by atoms with van der Waals surface area (Å²) in [4.78, 5) is 28.6. The fourth-order valence-electron chi connectivity index (χ4n) is 4.27. The second kappa shape index (κ2) is 13.5. The van der Waals surface area contributed by atoms with Crippen LogP contribution in [0.25, 0.3) is 0 Å². The normalized spacial score (nSPS) is 12.1. The van der Waals surface area contributed by atoms with Crippen molar-refractivity contribution in [2.24, 2.45) is 5.92 Å². The molecule has 0 saturated heterocycles. The highest BCUT2D eigenvalue weighted by Gasteiger charge is 2.33. The molecule has 0 aromatic heterocycles. The van der Waals surface area contributed by atoms with E-state index in [0.29, 0.717) is 12.3 Å². The largest absolute Gasteiger partial charge is 0.495 e. The molecule has 0 heterocycles. The molecule has 0 aliphatic rings. The minimum absolute atomic E-state index is 0.0410. The van der Waals surface area contributed by atoms with E-state index in [2.05, 4.69) is 5.32 Å². The van der Waals surface area contributed by atoms with Crippen molar-refractivity contribution in [1.29, 1.82) is 0 Å².